The Kier molecular flexibility index (Phi) is 8.00. The first-order chi connectivity index (χ1) is 16.4. The summed E-state index contributed by atoms with van der Waals surface area (Å²) in [5.41, 5.74) is 0.533. The molecule has 1 N–H and O–H groups in total. The van der Waals surface area contributed by atoms with E-state index in [1.165, 1.54) is 17.7 Å². The van der Waals surface area contributed by atoms with Crippen LogP contribution in [-0.4, -0.2) is 12.5 Å². The minimum atomic E-state index is -4.67. The Hall–Kier alpha value is -3.19. The zero-order valence-corrected chi connectivity index (χ0v) is 20.7. The number of carbonyl (C=O) groups is 1. The summed E-state index contributed by atoms with van der Waals surface area (Å²) in [6.45, 7) is 8.70. The largest absolute Gasteiger partial charge is 0.493 e. The Bertz CT molecular complexity index is 1190. The summed E-state index contributed by atoms with van der Waals surface area (Å²) in [5.74, 6) is 0.473. The number of carbonyl (C=O) groups excluding carboxylic acids is 1. The van der Waals surface area contributed by atoms with Gasteiger partial charge in [0, 0.05) is 16.1 Å². The van der Waals surface area contributed by atoms with Gasteiger partial charge in [0.25, 0.3) is 5.91 Å². The highest BCUT2D eigenvalue weighted by atomic mass is 35.5. The first-order valence-electron chi connectivity index (χ1n) is 11.1. The highest BCUT2D eigenvalue weighted by molar-refractivity contribution is 6.30. The molecule has 1 amide bonds. The van der Waals surface area contributed by atoms with Crippen molar-refractivity contribution in [3.8, 4) is 11.5 Å². The number of alkyl halides is 3. The van der Waals surface area contributed by atoms with Gasteiger partial charge in [-0.3, -0.25) is 4.79 Å². The first-order valence-corrected chi connectivity index (χ1v) is 11.4. The maximum Gasteiger partial charge on any atom is 0.418 e. The summed E-state index contributed by atoms with van der Waals surface area (Å²) in [6, 6.07) is 15.6. The minimum Gasteiger partial charge on any atom is -0.493 e. The van der Waals surface area contributed by atoms with Gasteiger partial charge in [0.05, 0.1) is 17.9 Å². The molecule has 0 saturated heterocycles. The third-order valence-electron chi connectivity index (χ3n) is 5.27. The summed E-state index contributed by atoms with van der Waals surface area (Å²) >= 11 is 5.72. The van der Waals surface area contributed by atoms with Gasteiger partial charge < -0.3 is 14.8 Å². The van der Waals surface area contributed by atoms with Gasteiger partial charge in [-0.05, 0) is 66.4 Å². The fraction of sp³-hybridized carbons (Fsp3) is 0.296. The molecule has 0 bridgehead atoms. The molecule has 0 aliphatic heterocycles. The van der Waals surface area contributed by atoms with Gasteiger partial charge in [-0.1, -0.05) is 44.5 Å². The number of rotatable bonds is 7. The molecule has 3 aromatic rings. The van der Waals surface area contributed by atoms with E-state index in [1.807, 2.05) is 31.2 Å². The maximum absolute atomic E-state index is 13.4. The van der Waals surface area contributed by atoms with E-state index in [0.29, 0.717) is 23.7 Å². The van der Waals surface area contributed by atoms with Crippen molar-refractivity contribution >= 4 is 23.2 Å². The average molecular weight is 506 g/mol. The highest BCUT2D eigenvalue weighted by Gasteiger charge is 2.34. The molecule has 0 aromatic heterocycles. The van der Waals surface area contributed by atoms with Crippen LogP contribution >= 0.6 is 11.6 Å². The summed E-state index contributed by atoms with van der Waals surface area (Å²) in [4.78, 5) is 12.8. The van der Waals surface area contributed by atoms with E-state index in [1.54, 1.807) is 12.1 Å². The molecule has 186 valence electrons. The number of halogens is 4. The molecular formula is C27H27ClF3NO3. The summed E-state index contributed by atoms with van der Waals surface area (Å²) < 4.78 is 51.7. The van der Waals surface area contributed by atoms with Crippen LogP contribution in [0.5, 0.6) is 11.5 Å². The zero-order valence-electron chi connectivity index (χ0n) is 19.9. The van der Waals surface area contributed by atoms with Crippen LogP contribution in [0.4, 0.5) is 18.9 Å². The third-order valence-corrected chi connectivity index (χ3v) is 5.51. The van der Waals surface area contributed by atoms with Crippen LogP contribution in [0.25, 0.3) is 0 Å². The topological polar surface area (TPSA) is 47.6 Å². The monoisotopic (exact) mass is 505 g/mol. The van der Waals surface area contributed by atoms with Crippen LogP contribution in [0.2, 0.25) is 5.02 Å². The van der Waals surface area contributed by atoms with Crippen LogP contribution < -0.4 is 14.8 Å². The SMILES string of the molecule is CCOc1ccc(C(=O)Nc2ccc(Cl)cc2C(F)(F)F)cc1COc1ccc(C(C)(C)C)cc1. The molecule has 3 aromatic carbocycles. The maximum atomic E-state index is 13.4. The number of hydrogen-bond donors (Lipinski definition) is 1. The van der Waals surface area contributed by atoms with Crippen molar-refractivity contribution in [1.29, 1.82) is 0 Å². The predicted octanol–water partition coefficient (Wildman–Crippen LogP) is 7.89. The Balaban J connectivity index is 1.82. The molecule has 0 atom stereocenters. The molecule has 0 unspecified atom stereocenters. The number of benzene rings is 3. The highest BCUT2D eigenvalue weighted by Crippen LogP contribution is 2.37. The van der Waals surface area contributed by atoms with E-state index in [4.69, 9.17) is 21.1 Å². The first kappa shape index (κ1) is 26.4. The smallest absolute Gasteiger partial charge is 0.418 e. The summed E-state index contributed by atoms with van der Waals surface area (Å²) in [7, 11) is 0. The molecule has 3 rings (SSSR count). The van der Waals surface area contributed by atoms with E-state index in [2.05, 4.69) is 26.1 Å². The Labute approximate surface area is 208 Å². The third kappa shape index (κ3) is 6.92. The van der Waals surface area contributed by atoms with E-state index >= 15 is 0 Å². The molecule has 35 heavy (non-hydrogen) atoms. The molecule has 0 saturated carbocycles. The molecular weight excluding hydrogens is 479 g/mol. The van der Waals surface area contributed by atoms with Crippen molar-refractivity contribution in [3.05, 3.63) is 87.9 Å². The predicted molar refractivity (Wildman–Crippen MR) is 131 cm³/mol. The van der Waals surface area contributed by atoms with Crippen LogP contribution in [0.3, 0.4) is 0 Å². The van der Waals surface area contributed by atoms with Gasteiger partial charge in [0.15, 0.2) is 0 Å². The Morgan fingerprint density at radius 1 is 0.943 bits per heavy atom. The molecule has 0 fully saturated rings. The molecule has 0 spiro atoms. The number of anilines is 1. The zero-order chi connectivity index (χ0) is 25.8. The summed E-state index contributed by atoms with van der Waals surface area (Å²) in [6.07, 6.45) is -4.67. The molecule has 0 aliphatic carbocycles. The fourth-order valence-electron chi connectivity index (χ4n) is 3.40. The lowest BCUT2D eigenvalue weighted by Crippen LogP contribution is -2.17. The molecule has 0 aliphatic rings. The molecule has 0 heterocycles. The lowest BCUT2D eigenvalue weighted by Gasteiger charge is -2.19. The normalized spacial score (nSPS) is 11.8. The van der Waals surface area contributed by atoms with Gasteiger partial charge in [0.2, 0.25) is 0 Å². The van der Waals surface area contributed by atoms with Crippen molar-refractivity contribution < 1.29 is 27.4 Å². The second-order valence-electron chi connectivity index (χ2n) is 8.96. The quantitative estimate of drug-likeness (QED) is 0.355. The second kappa shape index (κ2) is 10.6. The van der Waals surface area contributed by atoms with E-state index < -0.39 is 17.6 Å². The number of hydrogen-bond acceptors (Lipinski definition) is 3. The van der Waals surface area contributed by atoms with E-state index in [9.17, 15) is 18.0 Å². The van der Waals surface area contributed by atoms with Gasteiger partial charge in [0.1, 0.15) is 18.1 Å². The fourth-order valence-corrected chi connectivity index (χ4v) is 3.57. The van der Waals surface area contributed by atoms with Crippen LogP contribution in [-0.2, 0) is 18.2 Å². The minimum absolute atomic E-state index is 0.0123. The average Bonchev–Trinajstić information content (AvgIpc) is 2.78. The van der Waals surface area contributed by atoms with Crippen LogP contribution in [0.15, 0.2) is 60.7 Å². The Morgan fingerprint density at radius 2 is 1.63 bits per heavy atom. The number of nitrogens with one attached hydrogen (secondary N) is 1. The van der Waals surface area contributed by atoms with E-state index in [-0.39, 0.29) is 28.3 Å². The van der Waals surface area contributed by atoms with Crippen molar-refractivity contribution in [2.45, 2.75) is 45.9 Å². The molecule has 4 nitrogen and oxygen atoms in total. The lowest BCUT2D eigenvalue weighted by molar-refractivity contribution is -0.136. The summed E-state index contributed by atoms with van der Waals surface area (Å²) in [5, 5.41) is 2.26. The molecule has 0 radical (unpaired) electrons. The van der Waals surface area contributed by atoms with Gasteiger partial charge in [-0.25, -0.2) is 0 Å². The number of ether oxygens (including phenoxy) is 2. The van der Waals surface area contributed by atoms with Crippen LogP contribution in [0, 0.1) is 0 Å². The van der Waals surface area contributed by atoms with Crippen LogP contribution in [0.1, 0.15) is 54.7 Å². The van der Waals surface area contributed by atoms with Gasteiger partial charge in [-0.2, -0.15) is 13.2 Å². The van der Waals surface area contributed by atoms with Gasteiger partial charge >= 0.3 is 6.18 Å². The second-order valence-corrected chi connectivity index (χ2v) is 9.40. The van der Waals surface area contributed by atoms with Gasteiger partial charge in [-0.15, -0.1) is 0 Å². The van der Waals surface area contributed by atoms with Crippen molar-refractivity contribution in [1.82, 2.24) is 0 Å². The lowest BCUT2D eigenvalue weighted by atomic mass is 9.87. The van der Waals surface area contributed by atoms with Crippen molar-refractivity contribution in [2.75, 3.05) is 11.9 Å². The van der Waals surface area contributed by atoms with Crippen molar-refractivity contribution in [2.24, 2.45) is 0 Å². The Morgan fingerprint density at radius 3 is 2.23 bits per heavy atom. The van der Waals surface area contributed by atoms with E-state index in [0.717, 1.165) is 12.1 Å². The molecule has 8 heteroatoms. The standard InChI is InChI=1S/C27H27ClF3NO3/c1-5-34-24-13-6-17(25(33)32-23-12-9-20(28)15-22(23)27(29,30)31)14-18(24)16-35-21-10-7-19(8-11-21)26(2,3)4/h6-15H,5,16H2,1-4H3,(H,32,33). The number of amides is 1. The van der Waals surface area contributed by atoms with Crippen molar-refractivity contribution in [3.63, 3.8) is 0 Å².